The topological polar surface area (TPSA) is 95.1 Å². The van der Waals surface area contributed by atoms with E-state index in [9.17, 15) is 18.5 Å². The maximum absolute atomic E-state index is 12.4. The van der Waals surface area contributed by atoms with Gasteiger partial charge in [-0.25, -0.2) is 0 Å². The Morgan fingerprint density at radius 1 is 1.26 bits per heavy atom. The third-order valence-corrected chi connectivity index (χ3v) is 4.26. The lowest BCUT2D eigenvalue weighted by molar-refractivity contribution is -0.387. The van der Waals surface area contributed by atoms with Gasteiger partial charge in [-0.3, -0.25) is 10.1 Å². The maximum Gasteiger partial charge on any atom is 0.290 e. The van der Waals surface area contributed by atoms with Gasteiger partial charge in [0, 0.05) is 6.07 Å². The van der Waals surface area contributed by atoms with Gasteiger partial charge >= 0.3 is 0 Å². The van der Waals surface area contributed by atoms with Gasteiger partial charge in [0.25, 0.3) is 15.7 Å². The second-order valence-corrected chi connectivity index (χ2v) is 5.74. The van der Waals surface area contributed by atoms with Crippen molar-refractivity contribution in [3.8, 4) is 0 Å². The molecule has 0 aliphatic rings. The molecule has 8 heteroatoms. The highest BCUT2D eigenvalue weighted by Gasteiger charge is 2.28. The van der Waals surface area contributed by atoms with Crippen LogP contribution in [0, 0.1) is 24.0 Å². The molecule has 1 aromatic heterocycles. The zero-order valence-corrected chi connectivity index (χ0v) is 11.1. The number of aromatic nitrogens is 2. The number of benzene rings is 1. The van der Waals surface area contributed by atoms with Crippen LogP contribution in [0.3, 0.4) is 0 Å². The number of nitro benzene ring substituents is 1. The number of nitrogens with zero attached hydrogens (tertiary/aromatic N) is 3. The Morgan fingerprint density at radius 3 is 2.42 bits per heavy atom. The van der Waals surface area contributed by atoms with Crippen LogP contribution in [0.25, 0.3) is 0 Å². The summed E-state index contributed by atoms with van der Waals surface area (Å²) in [6.45, 7) is 3.23. The molecule has 0 aliphatic heterocycles. The highest BCUT2D eigenvalue weighted by Crippen LogP contribution is 2.25. The van der Waals surface area contributed by atoms with Crippen LogP contribution in [-0.2, 0) is 10.0 Å². The molecule has 0 atom stereocenters. The molecule has 0 saturated heterocycles. The van der Waals surface area contributed by atoms with Gasteiger partial charge < -0.3 is 0 Å². The van der Waals surface area contributed by atoms with Gasteiger partial charge in [0.1, 0.15) is 0 Å². The van der Waals surface area contributed by atoms with Crippen molar-refractivity contribution < 1.29 is 13.3 Å². The molecule has 0 fully saturated rings. The molecule has 0 unspecified atom stereocenters. The lowest BCUT2D eigenvalue weighted by Crippen LogP contribution is -2.17. The largest absolute Gasteiger partial charge is 0.290 e. The molecular weight excluding hydrogens is 270 g/mol. The highest BCUT2D eigenvalue weighted by atomic mass is 32.2. The van der Waals surface area contributed by atoms with Crippen LogP contribution in [0.4, 0.5) is 5.69 Å². The van der Waals surface area contributed by atoms with E-state index in [0.29, 0.717) is 11.4 Å². The monoisotopic (exact) mass is 281 g/mol. The first kappa shape index (κ1) is 13.2. The molecule has 0 radical (unpaired) electrons. The van der Waals surface area contributed by atoms with E-state index >= 15 is 0 Å². The Balaban J connectivity index is 2.71. The number of rotatable bonds is 3. The van der Waals surface area contributed by atoms with Crippen LogP contribution >= 0.6 is 0 Å². The second-order valence-electron chi connectivity index (χ2n) is 4.00. The molecule has 2 rings (SSSR count). The second kappa shape index (κ2) is 4.47. The SMILES string of the molecule is Cc1cc(C)n(S(=O)(=O)c2ccccc2[N+](=O)[O-])n1. The van der Waals surface area contributed by atoms with E-state index in [1.807, 2.05) is 0 Å². The van der Waals surface area contributed by atoms with E-state index in [0.717, 1.165) is 10.2 Å². The third kappa shape index (κ3) is 2.22. The van der Waals surface area contributed by atoms with Crippen LogP contribution in [-0.4, -0.2) is 22.5 Å². The van der Waals surface area contributed by atoms with Crippen LogP contribution in [0.5, 0.6) is 0 Å². The van der Waals surface area contributed by atoms with Crippen molar-refractivity contribution >= 4 is 15.7 Å². The molecule has 0 N–H and O–H groups in total. The van der Waals surface area contributed by atoms with Gasteiger partial charge in [-0.15, -0.1) is 0 Å². The van der Waals surface area contributed by atoms with Crippen LogP contribution < -0.4 is 0 Å². The molecule has 1 heterocycles. The van der Waals surface area contributed by atoms with Gasteiger partial charge in [0.2, 0.25) is 0 Å². The van der Waals surface area contributed by atoms with E-state index < -0.39 is 20.6 Å². The molecule has 0 aliphatic carbocycles. The molecule has 0 saturated carbocycles. The highest BCUT2D eigenvalue weighted by molar-refractivity contribution is 7.90. The Bertz CT molecular complexity index is 749. The van der Waals surface area contributed by atoms with Crippen molar-refractivity contribution in [2.24, 2.45) is 0 Å². The molecule has 2 aromatic rings. The molecule has 0 spiro atoms. The average Bonchev–Trinajstić information content (AvgIpc) is 2.69. The van der Waals surface area contributed by atoms with Crippen molar-refractivity contribution in [3.63, 3.8) is 0 Å². The smallest absolute Gasteiger partial charge is 0.258 e. The Kier molecular flexibility index (Phi) is 3.11. The minimum absolute atomic E-state index is 0.369. The third-order valence-electron chi connectivity index (χ3n) is 2.54. The summed E-state index contributed by atoms with van der Waals surface area (Å²) in [7, 11) is -4.06. The van der Waals surface area contributed by atoms with E-state index in [1.165, 1.54) is 18.2 Å². The molecule has 100 valence electrons. The normalized spacial score (nSPS) is 11.5. The van der Waals surface area contributed by atoms with Gasteiger partial charge in [0.15, 0.2) is 4.90 Å². The Morgan fingerprint density at radius 2 is 1.89 bits per heavy atom. The standard InChI is InChI=1S/C11H11N3O4S/c1-8-7-9(2)13(12-8)19(17,18)11-6-4-3-5-10(11)14(15)16/h3-7H,1-2H3. The van der Waals surface area contributed by atoms with E-state index in [-0.39, 0.29) is 4.90 Å². The number of nitro groups is 1. The number of aryl methyl sites for hydroxylation is 2. The van der Waals surface area contributed by atoms with Crippen LogP contribution in [0.2, 0.25) is 0 Å². The lowest BCUT2D eigenvalue weighted by Gasteiger charge is -2.06. The first-order valence-corrected chi connectivity index (χ1v) is 6.80. The summed E-state index contributed by atoms with van der Waals surface area (Å²) in [5.74, 6) is 0. The number of hydrogen-bond acceptors (Lipinski definition) is 5. The summed E-state index contributed by atoms with van der Waals surface area (Å²) in [5.41, 5.74) is 0.463. The maximum atomic E-state index is 12.4. The van der Waals surface area contributed by atoms with E-state index in [4.69, 9.17) is 0 Å². The molecular formula is C11H11N3O4S. The van der Waals surface area contributed by atoms with E-state index in [2.05, 4.69) is 5.10 Å². The summed E-state index contributed by atoms with van der Waals surface area (Å²) >= 11 is 0. The van der Waals surface area contributed by atoms with Crippen molar-refractivity contribution in [2.45, 2.75) is 18.7 Å². The number of hydrogen-bond donors (Lipinski definition) is 0. The van der Waals surface area contributed by atoms with Gasteiger partial charge in [0.05, 0.1) is 16.3 Å². The van der Waals surface area contributed by atoms with Gasteiger partial charge in [-0.2, -0.15) is 17.6 Å². The molecule has 1 aromatic carbocycles. The minimum Gasteiger partial charge on any atom is -0.258 e. The van der Waals surface area contributed by atoms with E-state index in [1.54, 1.807) is 19.9 Å². The van der Waals surface area contributed by atoms with Crippen molar-refractivity contribution in [1.29, 1.82) is 0 Å². The summed E-state index contributed by atoms with van der Waals surface area (Å²) in [4.78, 5) is 9.81. The van der Waals surface area contributed by atoms with Crippen LogP contribution in [0.1, 0.15) is 11.4 Å². The Hall–Kier alpha value is -2.22. The fourth-order valence-electron chi connectivity index (χ4n) is 1.77. The summed E-state index contributed by atoms with van der Waals surface area (Å²) in [6.07, 6.45) is 0. The Labute approximate surface area is 109 Å². The average molecular weight is 281 g/mol. The summed E-state index contributed by atoms with van der Waals surface area (Å²) < 4.78 is 25.6. The minimum atomic E-state index is -4.06. The van der Waals surface area contributed by atoms with Crippen molar-refractivity contribution in [1.82, 2.24) is 9.19 Å². The number of para-hydroxylation sites is 1. The summed E-state index contributed by atoms with van der Waals surface area (Å²) in [6, 6.07) is 6.79. The first-order chi connectivity index (χ1) is 8.84. The zero-order valence-electron chi connectivity index (χ0n) is 10.3. The van der Waals surface area contributed by atoms with Crippen LogP contribution in [0.15, 0.2) is 35.2 Å². The lowest BCUT2D eigenvalue weighted by atomic mass is 10.3. The first-order valence-electron chi connectivity index (χ1n) is 5.36. The quantitative estimate of drug-likeness (QED) is 0.629. The zero-order chi connectivity index (χ0) is 14.2. The van der Waals surface area contributed by atoms with Crippen molar-refractivity contribution in [2.75, 3.05) is 0 Å². The van der Waals surface area contributed by atoms with Gasteiger partial charge in [-0.05, 0) is 26.0 Å². The summed E-state index contributed by atoms with van der Waals surface area (Å²) in [5, 5.41) is 14.8. The molecule has 7 nitrogen and oxygen atoms in total. The van der Waals surface area contributed by atoms with Gasteiger partial charge in [-0.1, -0.05) is 12.1 Å². The molecule has 0 amide bonds. The fourth-order valence-corrected chi connectivity index (χ4v) is 3.28. The predicted molar refractivity (Wildman–Crippen MR) is 67.4 cm³/mol. The molecule has 0 bridgehead atoms. The van der Waals surface area contributed by atoms with Crippen molar-refractivity contribution in [3.05, 3.63) is 51.8 Å². The predicted octanol–water partition coefficient (Wildman–Crippen LogP) is 1.65. The fraction of sp³-hybridized carbons (Fsp3) is 0.182. The molecule has 19 heavy (non-hydrogen) atoms.